The molecule has 1 heterocycles. The highest BCUT2D eigenvalue weighted by Crippen LogP contribution is 2.22. The Balaban J connectivity index is 2.42. The average molecular weight is 240 g/mol. The van der Waals surface area contributed by atoms with Crippen LogP contribution in [-0.4, -0.2) is 5.88 Å². The molecule has 0 bridgehead atoms. The second kappa shape index (κ2) is 4.37. The molecule has 0 aromatic carbocycles. The highest BCUT2D eigenvalue weighted by molar-refractivity contribution is 9.11. The second-order valence-corrected chi connectivity index (χ2v) is 4.92. The van der Waals surface area contributed by atoms with Crippen LogP contribution in [0.15, 0.2) is 15.9 Å². The van der Waals surface area contributed by atoms with Crippen LogP contribution in [0, 0.1) is 0 Å². The van der Waals surface area contributed by atoms with E-state index in [-0.39, 0.29) is 0 Å². The molecular weight excluding hydrogens is 232 g/mol. The average Bonchev–Trinajstić information content (AvgIpc) is 2.31. The van der Waals surface area contributed by atoms with Crippen LogP contribution < -0.4 is 0 Å². The Hall–Kier alpha value is 0.470. The summed E-state index contributed by atoms with van der Waals surface area (Å²) in [6.45, 7) is 0. The lowest BCUT2D eigenvalue weighted by molar-refractivity contribution is 0.947. The molecule has 0 saturated carbocycles. The molecule has 1 aromatic rings. The van der Waals surface area contributed by atoms with E-state index in [2.05, 4.69) is 28.1 Å². The van der Waals surface area contributed by atoms with Crippen molar-refractivity contribution in [3.8, 4) is 0 Å². The Labute approximate surface area is 78.3 Å². The lowest BCUT2D eigenvalue weighted by atomic mass is 10.3. The fourth-order valence-corrected chi connectivity index (χ4v) is 2.39. The predicted molar refractivity (Wildman–Crippen MR) is 51.1 cm³/mol. The van der Waals surface area contributed by atoms with E-state index >= 15 is 0 Å². The predicted octanol–water partition coefficient (Wildman–Crippen LogP) is 3.68. The zero-order chi connectivity index (χ0) is 7.40. The van der Waals surface area contributed by atoms with Gasteiger partial charge < -0.3 is 0 Å². The van der Waals surface area contributed by atoms with Crippen molar-refractivity contribution in [1.82, 2.24) is 0 Å². The van der Waals surface area contributed by atoms with Gasteiger partial charge >= 0.3 is 0 Å². The van der Waals surface area contributed by atoms with E-state index in [1.807, 2.05) is 0 Å². The van der Waals surface area contributed by atoms with Crippen molar-refractivity contribution in [2.24, 2.45) is 0 Å². The number of halogens is 2. The molecular formula is C7H8BrClS. The fraction of sp³-hybridized carbons (Fsp3) is 0.429. The van der Waals surface area contributed by atoms with Crippen LogP contribution in [0.2, 0.25) is 0 Å². The van der Waals surface area contributed by atoms with E-state index in [0.29, 0.717) is 0 Å². The Bertz CT molecular complexity index is 197. The lowest BCUT2D eigenvalue weighted by Gasteiger charge is -1.89. The molecule has 0 aliphatic rings. The van der Waals surface area contributed by atoms with E-state index < -0.39 is 0 Å². The Morgan fingerprint density at radius 3 is 2.80 bits per heavy atom. The molecule has 0 aliphatic carbocycles. The molecule has 0 unspecified atom stereocenters. The maximum atomic E-state index is 5.55. The van der Waals surface area contributed by atoms with Gasteiger partial charge in [0.2, 0.25) is 0 Å². The van der Waals surface area contributed by atoms with Crippen LogP contribution in [-0.2, 0) is 6.42 Å². The zero-order valence-corrected chi connectivity index (χ0v) is 8.60. The van der Waals surface area contributed by atoms with Crippen molar-refractivity contribution in [2.75, 3.05) is 5.88 Å². The van der Waals surface area contributed by atoms with Gasteiger partial charge in [0.15, 0.2) is 0 Å². The summed E-state index contributed by atoms with van der Waals surface area (Å²) in [6.07, 6.45) is 2.19. The second-order valence-electron chi connectivity index (χ2n) is 2.00. The third-order valence-corrected chi connectivity index (χ3v) is 3.14. The van der Waals surface area contributed by atoms with Gasteiger partial charge in [-0.25, -0.2) is 0 Å². The molecule has 56 valence electrons. The molecule has 3 heteroatoms. The standard InChI is InChI=1S/C7H8BrClS/c8-7-4-3-6(10-7)2-1-5-9/h3-4H,1-2,5H2. The first-order valence-corrected chi connectivity index (χ1v) is 5.27. The SMILES string of the molecule is ClCCCc1ccc(Br)s1. The summed E-state index contributed by atoms with van der Waals surface area (Å²) >= 11 is 10.7. The monoisotopic (exact) mass is 238 g/mol. The van der Waals surface area contributed by atoms with Crippen LogP contribution in [0.5, 0.6) is 0 Å². The minimum atomic E-state index is 0.759. The zero-order valence-electron chi connectivity index (χ0n) is 5.44. The first-order valence-electron chi connectivity index (χ1n) is 3.13. The fourth-order valence-electron chi connectivity index (χ4n) is 0.727. The first-order chi connectivity index (χ1) is 4.83. The molecule has 0 amide bonds. The van der Waals surface area contributed by atoms with Gasteiger partial charge in [0.25, 0.3) is 0 Å². The first kappa shape index (κ1) is 8.57. The number of hydrogen-bond donors (Lipinski definition) is 0. The van der Waals surface area contributed by atoms with Gasteiger partial charge in [0.05, 0.1) is 3.79 Å². The van der Waals surface area contributed by atoms with Gasteiger partial charge in [0.1, 0.15) is 0 Å². The van der Waals surface area contributed by atoms with Crippen LogP contribution in [0.1, 0.15) is 11.3 Å². The summed E-state index contributed by atoms with van der Waals surface area (Å²) in [5, 5.41) is 0. The molecule has 0 nitrogen and oxygen atoms in total. The maximum absolute atomic E-state index is 5.55. The highest BCUT2D eigenvalue weighted by atomic mass is 79.9. The maximum Gasteiger partial charge on any atom is 0.0701 e. The Morgan fingerprint density at radius 2 is 2.30 bits per heavy atom. The van der Waals surface area contributed by atoms with E-state index in [1.54, 1.807) is 11.3 Å². The van der Waals surface area contributed by atoms with Gasteiger partial charge in [-0.3, -0.25) is 0 Å². The number of aryl methyl sites for hydroxylation is 1. The summed E-state index contributed by atoms with van der Waals surface area (Å²) in [5.74, 6) is 0.759. The van der Waals surface area contributed by atoms with Crippen molar-refractivity contribution < 1.29 is 0 Å². The topological polar surface area (TPSA) is 0 Å². The largest absolute Gasteiger partial charge is 0.133 e. The highest BCUT2D eigenvalue weighted by Gasteiger charge is 1.95. The van der Waals surface area contributed by atoms with Crippen LogP contribution >= 0.6 is 38.9 Å². The van der Waals surface area contributed by atoms with Gasteiger partial charge in [-0.2, -0.15) is 0 Å². The summed E-state index contributed by atoms with van der Waals surface area (Å²) in [7, 11) is 0. The molecule has 1 aromatic heterocycles. The summed E-state index contributed by atoms with van der Waals surface area (Å²) < 4.78 is 1.21. The molecule has 0 fully saturated rings. The molecule has 0 aliphatic heterocycles. The Kier molecular flexibility index (Phi) is 3.74. The van der Waals surface area contributed by atoms with Crippen LogP contribution in [0.25, 0.3) is 0 Å². The Morgan fingerprint density at radius 1 is 1.50 bits per heavy atom. The number of alkyl halides is 1. The van der Waals surface area contributed by atoms with E-state index in [0.717, 1.165) is 18.7 Å². The molecule has 1 rings (SSSR count). The molecule has 0 atom stereocenters. The number of thiophene rings is 1. The van der Waals surface area contributed by atoms with Crippen molar-refractivity contribution >= 4 is 38.9 Å². The molecule has 0 saturated heterocycles. The summed E-state index contributed by atoms with van der Waals surface area (Å²) in [5.41, 5.74) is 0. The quantitative estimate of drug-likeness (QED) is 0.706. The van der Waals surface area contributed by atoms with Gasteiger partial charge in [0, 0.05) is 10.8 Å². The van der Waals surface area contributed by atoms with Gasteiger partial charge in [-0.15, -0.1) is 22.9 Å². The third kappa shape index (κ3) is 2.60. The lowest BCUT2D eigenvalue weighted by Crippen LogP contribution is -1.79. The smallest absolute Gasteiger partial charge is 0.0701 e. The minimum Gasteiger partial charge on any atom is -0.133 e. The summed E-state index contributed by atoms with van der Waals surface area (Å²) in [4.78, 5) is 1.41. The molecule has 0 N–H and O–H groups in total. The van der Waals surface area contributed by atoms with E-state index in [9.17, 15) is 0 Å². The van der Waals surface area contributed by atoms with Crippen molar-refractivity contribution in [1.29, 1.82) is 0 Å². The molecule has 0 spiro atoms. The van der Waals surface area contributed by atoms with Gasteiger partial charge in [-0.1, -0.05) is 0 Å². The van der Waals surface area contributed by atoms with E-state index in [4.69, 9.17) is 11.6 Å². The molecule has 10 heavy (non-hydrogen) atoms. The van der Waals surface area contributed by atoms with Crippen molar-refractivity contribution in [3.63, 3.8) is 0 Å². The van der Waals surface area contributed by atoms with Crippen molar-refractivity contribution in [2.45, 2.75) is 12.8 Å². The summed E-state index contributed by atoms with van der Waals surface area (Å²) in [6, 6.07) is 4.22. The number of hydrogen-bond acceptors (Lipinski definition) is 1. The van der Waals surface area contributed by atoms with Crippen LogP contribution in [0.4, 0.5) is 0 Å². The number of rotatable bonds is 3. The van der Waals surface area contributed by atoms with Crippen molar-refractivity contribution in [3.05, 3.63) is 20.8 Å². The third-order valence-electron chi connectivity index (χ3n) is 1.19. The normalized spacial score (nSPS) is 10.2. The minimum absolute atomic E-state index is 0.759. The van der Waals surface area contributed by atoms with Gasteiger partial charge in [-0.05, 0) is 40.9 Å². The molecule has 0 radical (unpaired) electrons. The van der Waals surface area contributed by atoms with E-state index in [1.165, 1.54) is 8.66 Å². The van der Waals surface area contributed by atoms with Crippen LogP contribution in [0.3, 0.4) is 0 Å².